The average Bonchev–Trinajstić information content (AvgIpc) is 2.48. The Hall–Kier alpha value is -0.0900. The van der Waals surface area contributed by atoms with Crippen molar-refractivity contribution in [1.29, 1.82) is 0 Å². The minimum Gasteiger partial charge on any atom is -0.385 e. The van der Waals surface area contributed by atoms with E-state index >= 15 is 0 Å². The molecular formula is C10H16ClNOS. The van der Waals surface area contributed by atoms with Gasteiger partial charge in [0.05, 0.1) is 5.02 Å². The third-order valence-corrected chi connectivity index (χ3v) is 3.97. The summed E-state index contributed by atoms with van der Waals surface area (Å²) in [4.78, 5) is 1.10. The molecule has 1 rings (SSSR count). The van der Waals surface area contributed by atoms with Gasteiger partial charge in [-0.25, -0.2) is 0 Å². The highest BCUT2D eigenvalue weighted by Crippen LogP contribution is 2.32. The van der Waals surface area contributed by atoms with Gasteiger partial charge in [0.15, 0.2) is 0 Å². The smallest absolute Gasteiger partial charge is 0.0590 e. The summed E-state index contributed by atoms with van der Waals surface area (Å²) in [7, 11) is 1.70. The van der Waals surface area contributed by atoms with Gasteiger partial charge in [0.2, 0.25) is 0 Å². The monoisotopic (exact) mass is 233 g/mol. The highest BCUT2D eigenvalue weighted by Gasteiger charge is 2.13. The Morgan fingerprint density at radius 3 is 2.86 bits per heavy atom. The molecule has 0 spiro atoms. The molecule has 1 aromatic heterocycles. The first kappa shape index (κ1) is 12.0. The lowest BCUT2D eigenvalue weighted by atomic mass is 10.1. The molecule has 0 bridgehead atoms. The molecule has 1 atom stereocenters. The lowest BCUT2D eigenvalue weighted by Gasteiger charge is -2.09. The second-order valence-corrected chi connectivity index (χ2v) is 4.63. The van der Waals surface area contributed by atoms with Crippen LogP contribution in [0, 0.1) is 6.92 Å². The number of rotatable bonds is 5. The molecule has 80 valence electrons. The molecule has 2 nitrogen and oxygen atoms in total. The lowest BCUT2D eigenvalue weighted by molar-refractivity contribution is 0.190. The van der Waals surface area contributed by atoms with Crippen LogP contribution in [0.15, 0.2) is 5.38 Å². The Balaban J connectivity index is 2.52. The second kappa shape index (κ2) is 5.71. The number of aryl methyl sites for hydroxylation is 1. The summed E-state index contributed by atoms with van der Waals surface area (Å²) in [6.07, 6.45) is 1.90. The fraction of sp³-hybridized carbons (Fsp3) is 0.600. The molecule has 0 aliphatic heterocycles. The summed E-state index contributed by atoms with van der Waals surface area (Å²) < 4.78 is 4.98. The molecule has 0 radical (unpaired) electrons. The first-order valence-corrected chi connectivity index (χ1v) is 5.90. The van der Waals surface area contributed by atoms with Gasteiger partial charge in [-0.2, -0.15) is 0 Å². The lowest BCUT2D eigenvalue weighted by Crippen LogP contribution is -2.10. The van der Waals surface area contributed by atoms with Crippen LogP contribution >= 0.6 is 22.9 Å². The molecule has 0 aromatic carbocycles. The van der Waals surface area contributed by atoms with Gasteiger partial charge in [0, 0.05) is 24.6 Å². The van der Waals surface area contributed by atoms with Crippen LogP contribution in [-0.4, -0.2) is 13.7 Å². The third-order valence-electron chi connectivity index (χ3n) is 2.13. The molecule has 14 heavy (non-hydrogen) atoms. The van der Waals surface area contributed by atoms with Crippen molar-refractivity contribution in [2.24, 2.45) is 5.73 Å². The van der Waals surface area contributed by atoms with Gasteiger partial charge >= 0.3 is 0 Å². The quantitative estimate of drug-likeness (QED) is 0.794. The zero-order valence-corrected chi connectivity index (χ0v) is 10.1. The van der Waals surface area contributed by atoms with E-state index in [4.69, 9.17) is 22.1 Å². The molecule has 1 aromatic rings. The van der Waals surface area contributed by atoms with Crippen LogP contribution in [0.3, 0.4) is 0 Å². The number of halogens is 1. The van der Waals surface area contributed by atoms with Gasteiger partial charge < -0.3 is 10.5 Å². The molecule has 1 unspecified atom stereocenters. The van der Waals surface area contributed by atoms with E-state index in [-0.39, 0.29) is 6.04 Å². The Labute approximate surface area is 94.0 Å². The van der Waals surface area contributed by atoms with Gasteiger partial charge in [-0.3, -0.25) is 0 Å². The normalized spacial score (nSPS) is 13.1. The van der Waals surface area contributed by atoms with Crippen LogP contribution in [0.4, 0.5) is 0 Å². The SMILES string of the molecule is COCCCC(N)c1scc(C)c1Cl. The molecule has 0 aliphatic carbocycles. The maximum atomic E-state index is 6.12. The van der Waals surface area contributed by atoms with Gasteiger partial charge in [-0.15, -0.1) is 11.3 Å². The fourth-order valence-corrected chi connectivity index (χ4v) is 2.65. The van der Waals surface area contributed by atoms with E-state index in [1.807, 2.05) is 12.3 Å². The van der Waals surface area contributed by atoms with Gasteiger partial charge in [0.1, 0.15) is 0 Å². The van der Waals surface area contributed by atoms with Gasteiger partial charge in [-0.1, -0.05) is 11.6 Å². The van der Waals surface area contributed by atoms with E-state index < -0.39 is 0 Å². The van der Waals surface area contributed by atoms with Crippen LogP contribution in [0.1, 0.15) is 29.3 Å². The number of ether oxygens (including phenoxy) is 1. The van der Waals surface area contributed by atoms with Gasteiger partial charge in [0.25, 0.3) is 0 Å². The Bertz CT molecular complexity index is 288. The highest BCUT2D eigenvalue weighted by atomic mass is 35.5. The Morgan fingerprint density at radius 1 is 1.64 bits per heavy atom. The predicted octanol–water partition coefficient (Wildman–Crippen LogP) is 3.14. The average molecular weight is 234 g/mol. The van der Waals surface area contributed by atoms with Gasteiger partial charge in [-0.05, 0) is 30.7 Å². The van der Waals surface area contributed by atoms with Crippen LogP contribution in [0.5, 0.6) is 0 Å². The van der Waals surface area contributed by atoms with E-state index in [0.717, 1.165) is 34.9 Å². The van der Waals surface area contributed by atoms with Crippen molar-refractivity contribution in [1.82, 2.24) is 0 Å². The second-order valence-electron chi connectivity index (χ2n) is 3.34. The molecule has 1 heterocycles. The van der Waals surface area contributed by atoms with Crippen molar-refractivity contribution in [3.05, 3.63) is 20.8 Å². The standard InChI is InChI=1S/C10H16ClNOS/c1-7-6-14-10(9(7)11)8(12)4-3-5-13-2/h6,8H,3-5,12H2,1-2H3. The largest absolute Gasteiger partial charge is 0.385 e. The highest BCUT2D eigenvalue weighted by molar-refractivity contribution is 7.10. The zero-order valence-electron chi connectivity index (χ0n) is 8.55. The number of hydrogen-bond donors (Lipinski definition) is 1. The first-order valence-electron chi connectivity index (χ1n) is 4.64. The Morgan fingerprint density at radius 2 is 2.36 bits per heavy atom. The van der Waals surface area contributed by atoms with Crippen molar-refractivity contribution < 1.29 is 4.74 Å². The molecule has 0 saturated heterocycles. The van der Waals surface area contributed by atoms with Crippen molar-refractivity contribution in [2.75, 3.05) is 13.7 Å². The van der Waals surface area contributed by atoms with Crippen molar-refractivity contribution in [2.45, 2.75) is 25.8 Å². The van der Waals surface area contributed by atoms with Crippen molar-refractivity contribution in [3.8, 4) is 0 Å². The summed E-state index contributed by atoms with van der Waals surface area (Å²) >= 11 is 7.76. The summed E-state index contributed by atoms with van der Waals surface area (Å²) in [5.41, 5.74) is 7.14. The van der Waals surface area contributed by atoms with E-state index in [0.29, 0.717) is 0 Å². The molecule has 0 amide bonds. The van der Waals surface area contributed by atoms with Crippen LogP contribution in [-0.2, 0) is 4.74 Å². The fourth-order valence-electron chi connectivity index (χ4n) is 1.28. The third kappa shape index (κ3) is 2.95. The van der Waals surface area contributed by atoms with E-state index in [1.54, 1.807) is 18.4 Å². The molecule has 2 N–H and O–H groups in total. The van der Waals surface area contributed by atoms with Crippen molar-refractivity contribution in [3.63, 3.8) is 0 Å². The number of methoxy groups -OCH3 is 1. The topological polar surface area (TPSA) is 35.2 Å². The van der Waals surface area contributed by atoms with E-state index in [1.165, 1.54) is 0 Å². The molecular weight excluding hydrogens is 218 g/mol. The van der Waals surface area contributed by atoms with Crippen LogP contribution < -0.4 is 5.73 Å². The Kier molecular flexibility index (Phi) is 4.89. The summed E-state index contributed by atoms with van der Waals surface area (Å²) in [5, 5.41) is 2.88. The minimum absolute atomic E-state index is 0.0522. The van der Waals surface area contributed by atoms with E-state index in [9.17, 15) is 0 Å². The maximum Gasteiger partial charge on any atom is 0.0590 e. The number of thiophene rings is 1. The first-order chi connectivity index (χ1) is 6.66. The molecule has 0 saturated carbocycles. The molecule has 4 heteroatoms. The van der Waals surface area contributed by atoms with Crippen LogP contribution in [0.2, 0.25) is 5.02 Å². The minimum atomic E-state index is 0.0522. The summed E-state index contributed by atoms with van der Waals surface area (Å²) in [6.45, 7) is 2.76. The van der Waals surface area contributed by atoms with Crippen molar-refractivity contribution >= 4 is 22.9 Å². The number of nitrogens with two attached hydrogens (primary N) is 1. The number of hydrogen-bond acceptors (Lipinski definition) is 3. The van der Waals surface area contributed by atoms with Crippen LogP contribution in [0.25, 0.3) is 0 Å². The maximum absolute atomic E-state index is 6.12. The summed E-state index contributed by atoms with van der Waals surface area (Å²) in [5.74, 6) is 0. The summed E-state index contributed by atoms with van der Waals surface area (Å²) in [6, 6.07) is 0.0522. The van der Waals surface area contributed by atoms with E-state index in [2.05, 4.69) is 0 Å². The predicted molar refractivity (Wildman–Crippen MR) is 62.1 cm³/mol. The molecule has 0 fully saturated rings. The molecule has 0 aliphatic rings. The zero-order chi connectivity index (χ0) is 10.6.